The monoisotopic (exact) mass is 419 g/mol. The van der Waals surface area contributed by atoms with Crippen molar-refractivity contribution < 1.29 is 22.7 Å². The van der Waals surface area contributed by atoms with Gasteiger partial charge in [-0.3, -0.25) is 4.79 Å². The molecule has 0 aliphatic carbocycles. The average Bonchev–Trinajstić information content (AvgIpc) is 2.73. The lowest BCUT2D eigenvalue weighted by Crippen LogP contribution is -2.48. The molecule has 1 amide bonds. The molecule has 0 bridgehead atoms. The lowest BCUT2D eigenvalue weighted by atomic mass is 10.2. The Bertz CT molecular complexity index is 968. The predicted molar refractivity (Wildman–Crippen MR) is 111 cm³/mol. The van der Waals surface area contributed by atoms with Crippen molar-refractivity contribution in [1.82, 2.24) is 4.31 Å². The molecule has 1 fully saturated rings. The molecule has 0 aromatic heterocycles. The Balaban J connectivity index is 1.77. The number of sulfonamides is 1. The Kier molecular flexibility index (Phi) is 6.29. The highest BCUT2D eigenvalue weighted by molar-refractivity contribution is 7.89. The molecule has 0 atom stereocenters. The molecular weight excluding hydrogens is 394 g/mol. The quantitative estimate of drug-likeness (QED) is 0.772. The van der Waals surface area contributed by atoms with Gasteiger partial charge in [0.15, 0.2) is 0 Å². The molecule has 2 aromatic carbocycles. The second-order valence-corrected chi connectivity index (χ2v) is 8.54. The van der Waals surface area contributed by atoms with Crippen LogP contribution in [0.2, 0.25) is 0 Å². The number of amides is 1. The third-order valence-electron chi connectivity index (χ3n) is 4.78. The molecule has 156 valence electrons. The molecule has 0 spiro atoms. The Morgan fingerprint density at radius 1 is 0.966 bits per heavy atom. The molecule has 0 radical (unpaired) electrons. The van der Waals surface area contributed by atoms with Gasteiger partial charge in [-0.1, -0.05) is 0 Å². The van der Waals surface area contributed by atoms with Crippen molar-refractivity contribution in [2.75, 3.05) is 50.6 Å². The number of methoxy groups -OCH3 is 2. The van der Waals surface area contributed by atoms with Gasteiger partial charge in [0.1, 0.15) is 16.4 Å². The number of hydrogen-bond acceptors (Lipinski definition) is 6. The lowest BCUT2D eigenvalue weighted by Gasteiger charge is -2.35. The van der Waals surface area contributed by atoms with Gasteiger partial charge in [0.25, 0.3) is 0 Å². The topological polar surface area (TPSA) is 88.2 Å². The molecule has 1 aliphatic rings. The van der Waals surface area contributed by atoms with E-state index in [4.69, 9.17) is 9.47 Å². The van der Waals surface area contributed by atoms with E-state index in [-0.39, 0.29) is 16.6 Å². The number of hydrogen-bond donors (Lipinski definition) is 1. The van der Waals surface area contributed by atoms with Crippen LogP contribution in [0.5, 0.6) is 11.5 Å². The highest BCUT2D eigenvalue weighted by Crippen LogP contribution is 2.31. The maximum absolute atomic E-state index is 13.2. The molecule has 0 saturated carbocycles. The molecular formula is C20H25N3O5S. The Labute approximate surface area is 171 Å². The van der Waals surface area contributed by atoms with Crippen LogP contribution in [0.4, 0.5) is 11.4 Å². The molecule has 1 aliphatic heterocycles. The number of anilines is 2. The number of carbonyl (C=O) groups excluding carboxylic acids is 1. The largest absolute Gasteiger partial charge is 0.497 e. The van der Waals surface area contributed by atoms with Gasteiger partial charge in [-0.2, -0.15) is 4.31 Å². The molecule has 2 aromatic rings. The van der Waals surface area contributed by atoms with E-state index in [1.807, 2.05) is 24.3 Å². The average molecular weight is 420 g/mol. The van der Waals surface area contributed by atoms with E-state index in [0.717, 1.165) is 11.4 Å². The van der Waals surface area contributed by atoms with Gasteiger partial charge in [-0.15, -0.1) is 0 Å². The van der Waals surface area contributed by atoms with Crippen molar-refractivity contribution in [2.45, 2.75) is 11.8 Å². The summed E-state index contributed by atoms with van der Waals surface area (Å²) in [5.74, 6) is 0.754. The fourth-order valence-corrected chi connectivity index (χ4v) is 4.88. The fraction of sp³-hybridized carbons (Fsp3) is 0.350. The van der Waals surface area contributed by atoms with Gasteiger partial charge in [0.05, 0.1) is 14.2 Å². The Hall–Kier alpha value is -2.78. The Morgan fingerprint density at radius 3 is 2.17 bits per heavy atom. The fourth-order valence-electron chi connectivity index (χ4n) is 3.28. The number of nitrogens with one attached hydrogen (secondary N) is 1. The second-order valence-electron chi connectivity index (χ2n) is 6.64. The molecule has 29 heavy (non-hydrogen) atoms. The zero-order chi connectivity index (χ0) is 21.0. The van der Waals surface area contributed by atoms with Crippen molar-refractivity contribution in [1.29, 1.82) is 0 Å². The first-order chi connectivity index (χ1) is 13.8. The van der Waals surface area contributed by atoms with Gasteiger partial charge < -0.3 is 19.7 Å². The van der Waals surface area contributed by atoms with Crippen LogP contribution < -0.4 is 19.7 Å². The third kappa shape index (κ3) is 4.63. The summed E-state index contributed by atoms with van der Waals surface area (Å²) in [7, 11) is -0.725. The van der Waals surface area contributed by atoms with Crippen molar-refractivity contribution in [3.8, 4) is 11.5 Å². The minimum atomic E-state index is -3.77. The summed E-state index contributed by atoms with van der Waals surface area (Å²) in [5.41, 5.74) is 1.43. The van der Waals surface area contributed by atoms with Crippen LogP contribution in [-0.4, -0.2) is 59.0 Å². The standard InChI is InChI=1S/C20H25N3O5S/c1-15(24)21-16-4-9-19(28-3)20(14-16)29(25,26)23-12-10-22(11-13-23)17-5-7-18(27-2)8-6-17/h4-9,14H,10-13H2,1-3H3,(H,21,24). The number of piperazine rings is 1. The minimum Gasteiger partial charge on any atom is -0.497 e. The zero-order valence-electron chi connectivity index (χ0n) is 16.7. The van der Waals surface area contributed by atoms with Crippen molar-refractivity contribution in [3.63, 3.8) is 0 Å². The van der Waals surface area contributed by atoms with Gasteiger partial charge in [0.2, 0.25) is 15.9 Å². The molecule has 1 heterocycles. The molecule has 9 heteroatoms. The molecule has 1 saturated heterocycles. The SMILES string of the molecule is COc1ccc(N2CCN(S(=O)(=O)c3cc(NC(C)=O)ccc3OC)CC2)cc1. The predicted octanol–water partition coefficient (Wildman–Crippen LogP) is 2.17. The summed E-state index contributed by atoms with van der Waals surface area (Å²) in [4.78, 5) is 13.5. The van der Waals surface area contributed by atoms with Crippen molar-refractivity contribution in [2.24, 2.45) is 0 Å². The number of benzene rings is 2. The van der Waals surface area contributed by atoms with Crippen molar-refractivity contribution in [3.05, 3.63) is 42.5 Å². The van der Waals surface area contributed by atoms with Gasteiger partial charge in [-0.25, -0.2) is 8.42 Å². The first kappa shape index (κ1) is 20.9. The summed E-state index contributed by atoms with van der Waals surface area (Å²) >= 11 is 0. The summed E-state index contributed by atoms with van der Waals surface area (Å²) in [6.45, 7) is 3.21. The van der Waals surface area contributed by atoms with Crippen LogP contribution in [0.25, 0.3) is 0 Å². The maximum Gasteiger partial charge on any atom is 0.246 e. The van der Waals surface area contributed by atoms with Crippen molar-refractivity contribution >= 4 is 27.3 Å². The van der Waals surface area contributed by atoms with Crippen LogP contribution in [0, 0.1) is 0 Å². The highest BCUT2D eigenvalue weighted by Gasteiger charge is 2.31. The number of ether oxygens (including phenoxy) is 2. The van der Waals surface area contributed by atoms with E-state index in [2.05, 4.69) is 10.2 Å². The van der Waals surface area contributed by atoms with Gasteiger partial charge >= 0.3 is 0 Å². The lowest BCUT2D eigenvalue weighted by molar-refractivity contribution is -0.114. The molecule has 1 N–H and O–H groups in total. The van der Waals surface area contributed by atoms with E-state index in [1.165, 1.54) is 24.4 Å². The molecule has 3 rings (SSSR count). The number of rotatable bonds is 6. The molecule has 0 unspecified atom stereocenters. The summed E-state index contributed by atoms with van der Waals surface area (Å²) in [5, 5.41) is 2.61. The van der Waals surface area contributed by atoms with Crippen LogP contribution in [0.1, 0.15) is 6.92 Å². The van der Waals surface area contributed by atoms with E-state index in [9.17, 15) is 13.2 Å². The van der Waals surface area contributed by atoms with E-state index >= 15 is 0 Å². The second kappa shape index (κ2) is 8.71. The normalized spacial score (nSPS) is 15.1. The summed E-state index contributed by atoms with van der Waals surface area (Å²) in [6, 6.07) is 12.3. The maximum atomic E-state index is 13.2. The van der Waals surface area contributed by atoms with E-state index < -0.39 is 10.0 Å². The molecule has 8 nitrogen and oxygen atoms in total. The highest BCUT2D eigenvalue weighted by atomic mass is 32.2. The summed E-state index contributed by atoms with van der Waals surface area (Å²) in [6.07, 6.45) is 0. The Morgan fingerprint density at radius 2 is 1.62 bits per heavy atom. The van der Waals surface area contributed by atoms with Crippen LogP contribution >= 0.6 is 0 Å². The van der Waals surface area contributed by atoms with Crippen LogP contribution in [0.15, 0.2) is 47.4 Å². The third-order valence-corrected chi connectivity index (χ3v) is 6.70. The first-order valence-electron chi connectivity index (χ1n) is 9.20. The van der Waals surface area contributed by atoms with Crippen LogP contribution in [-0.2, 0) is 14.8 Å². The zero-order valence-corrected chi connectivity index (χ0v) is 17.5. The minimum absolute atomic E-state index is 0.0455. The smallest absolute Gasteiger partial charge is 0.246 e. The number of carbonyl (C=O) groups is 1. The number of nitrogens with zero attached hydrogens (tertiary/aromatic N) is 2. The first-order valence-corrected chi connectivity index (χ1v) is 10.6. The van der Waals surface area contributed by atoms with E-state index in [0.29, 0.717) is 31.9 Å². The van der Waals surface area contributed by atoms with Gasteiger partial charge in [0, 0.05) is 44.5 Å². The van der Waals surface area contributed by atoms with Crippen LogP contribution in [0.3, 0.4) is 0 Å². The van der Waals surface area contributed by atoms with Gasteiger partial charge in [-0.05, 0) is 42.5 Å². The van der Waals surface area contributed by atoms with E-state index in [1.54, 1.807) is 19.2 Å². The summed E-state index contributed by atoms with van der Waals surface area (Å²) < 4.78 is 38.3.